The Balaban J connectivity index is 1.83. The lowest BCUT2D eigenvalue weighted by atomic mass is 9.99. The zero-order valence-electron chi connectivity index (χ0n) is 12.7. The van der Waals surface area contributed by atoms with Crippen LogP contribution in [0.25, 0.3) is 0 Å². The first-order valence-corrected chi connectivity index (χ1v) is 7.32. The molecule has 112 valence electrons. The zero-order chi connectivity index (χ0) is 15.0. The van der Waals surface area contributed by atoms with Crippen LogP contribution in [0.1, 0.15) is 32.1 Å². The van der Waals surface area contributed by atoms with Crippen LogP contribution in [0.15, 0.2) is 35.9 Å². The zero-order valence-corrected chi connectivity index (χ0v) is 12.7. The molecular formula is C17H21NO3. The van der Waals surface area contributed by atoms with Gasteiger partial charge in [-0.25, -0.2) is 0 Å². The molecule has 3 atom stereocenters. The molecule has 2 heterocycles. The van der Waals surface area contributed by atoms with Gasteiger partial charge in [-0.2, -0.15) is 0 Å². The van der Waals surface area contributed by atoms with E-state index >= 15 is 0 Å². The van der Waals surface area contributed by atoms with Crippen molar-refractivity contribution in [1.82, 2.24) is 4.90 Å². The molecule has 4 heteroatoms. The smallest absolute Gasteiger partial charge is 0.225 e. The van der Waals surface area contributed by atoms with E-state index in [4.69, 9.17) is 9.47 Å². The van der Waals surface area contributed by atoms with Crippen molar-refractivity contribution >= 4 is 5.91 Å². The molecule has 21 heavy (non-hydrogen) atoms. The average Bonchev–Trinajstić information content (AvgIpc) is 3.01. The highest BCUT2D eigenvalue weighted by Gasteiger charge is 2.47. The molecule has 2 saturated heterocycles. The van der Waals surface area contributed by atoms with Gasteiger partial charge in [0.05, 0.1) is 19.8 Å². The molecule has 3 rings (SSSR count). The maximum Gasteiger partial charge on any atom is 0.225 e. The number of rotatable bonds is 3. The molecular weight excluding hydrogens is 266 g/mol. The number of fused-ring (bicyclic) bond motifs is 1. The van der Waals surface area contributed by atoms with Crippen LogP contribution >= 0.6 is 0 Å². The van der Waals surface area contributed by atoms with E-state index in [1.807, 2.05) is 29.2 Å². The Bertz CT molecular complexity index is 560. The number of benzene rings is 1. The largest absolute Gasteiger partial charge is 0.497 e. The third kappa shape index (κ3) is 2.56. The van der Waals surface area contributed by atoms with Crippen molar-refractivity contribution in [2.75, 3.05) is 13.7 Å². The summed E-state index contributed by atoms with van der Waals surface area (Å²) in [5, 5.41) is 0. The van der Waals surface area contributed by atoms with Gasteiger partial charge >= 0.3 is 0 Å². The standard InChI is InChI=1S/C17H21NO3/c1-11(2)8-13-9-16(19)18-15(13)10-21-17(18)12-4-6-14(20-3)7-5-12/h4-8,13,15,17H,9-10H2,1-3H3/t13-,15+,17+/m0/s1. The first-order chi connectivity index (χ1) is 10.1. The number of nitrogens with zero attached hydrogens (tertiary/aromatic N) is 1. The fourth-order valence-corrected chi connectivity index (χ4v) is 3.24. The minimum Gasteiger partial charge on any atom is -0.497 e. The van der Waals surface area contributed by atoms with E-state index in [-0.39, 0.29) is 24.1 Å². The topological polar surface area (TPSA) is 38.8 Å². The van der Waals surface area contributed by atoms with Gasteiger partial charge in [0.1, 0.15) is 5.75 Å². The number of carbonyl (C=O) groups excluding carboxylic acids is 1. The number of ether oxygens (including phenoxy) is 2. The summed E-state index contributed by atoms with van der Waals surface area (Å²) in [4.78, 5) is 14.3. The lowest BCUT2D eigenvalue weighted by Gasteiger charge is -2.23. The molecule has 1 amide bonds. The molecule has 4 nitrogen and oxygen atoms in total. The summed E-state index contributed by atoms with van der Waals surface area (Å²) < 4.78 is 11.1. The minimum absolute atomic E-state index is 0.166. The van der Waals surface area contributed by atoms with Crippen molar-refractivity contribution < 1.29 is 14.3 Å². The summed E-state index contributed by atoms with van der Waals surface area (Å²) >= 11 is 0. The van der Waals surface area contributed by atoms with Crippen molar-refractivity contribution in [2.24, 2.45) is 5.92 Å². The van der Waals surface area contributed by atoms with Crippen molar-refractivity contribution in [2.45, 2.75) is 32.5 Å². The number of methoxy groups -OCH3 is 1. The second kappa shape index (κ2) is 5.53. The monoisotopic (exact) mass is 287 g/mol. The normalized spacial score (nSPS) is 27.7. The molecule has 0 N–H and O–H groups in total. The summed E-state index contributed by atoms with van der Waals surface area (Å²) in [5.74, 6) is 1.26. The minimum atomic E-state index is -0.260. The Kier molecular flexibility index (Phi) is 3.72. The molecule has 0 radical (unpaired) electrons. The van der Waals surface area contributed by atoms with Crippen LogP contribution in [0.3, 0.4) is 0 Å². The lowest BCUT2D eigenvalue weighted by molar-refractivity contribution is -0.134. The Morgan fingerprint density at radius 1 is 1.33 bits per heavy atom. The number of amides is 1. The first-order valence-electron chi connectivity index (χ1n) is 7.32. The number of carbonyl (C=O) groups is 1. The molecule has 1 aromatic rings. The van der Waals surface area contributed by atoms with Crippen LogP contribution in [-0.4, -0.2) is 30.6 Å². The Morgan fingerprint density at radius 2 is 2.05 bits per heavy atom. The van der Waals surface area contributed by atoms with E-state index in [1.54, 1.807) is 7.11 Å². The van der Waals surface area contributed by atoms with Crippen LogP contribution < -0.4 is 4.74 Å². The fraction of sp³-hybridized carbons (Fsp3) is 0.471. The van der Waals surface area contributed by atoms with Crippen LogP contribution in [0, 0.1) is 5.92 Å². The molecule has 0 bridgehead atoms. The van der Waals surface area contributed by atoms with Gasteiger partial charge in [0.25, 0.3) is 0 Å². The molecule has 0 unspecified atom stereocenters. The maximum atomic E-state index is 12.3. The Morgan fingerprint density at radius 3 is 2.67 bits per heavy atom. The molecule has 1 aromatic carbocycles. The van der Waals surface area contributed by atoms with E-state index in [1.165, 1.54) is 5.57 Å². The van der Waals surface area contributed by atoms with Crippen molar-refractivity contribution in [3.05, 3.63) is 41.5 Å². The Labute approximate surface area is 125 Å². The molecule has 0 aliphatic carbocycles. The summed E-state index contributed by atoms with van der Waals surface area (Å²) in [5.41, 5.74) is 2.26. The Hall–Kier alpha value is -1.81. The SMILES string of the molecule is COc1ccc([C@H]2OC[C@@H]3[C@@H](C=C(C)C)CC(=O)N23)cc1. The predicted octanol–water partition coefficient (Wildman–Crippen LogP) is 2.91. The number of hydrogen-bond donors (Lipinski definition) is 0. The third-order valence-electron chi connectivity index (χ3n) is 4.18. The molecule has 2 aliphatic heterocycles. The molecule has 0 spiro atoms. The van der Waals surface area contributed by atoms with Gasteiger partial charge in [-0.1, -0.05) is 23.8 Å². The quantitative estimate of drug-likeness (QED) is 0.802. The van der Waals surface area contributed by atoms with Crippen LogP contribution in [0.5, 0.6) is 5.75 Å². The second-order valence-corrected chi connectivity index (χ2v) is 5.94. The molecule has 0 saturated carbocycles. The number of hydrogen-bond acceptors (Lipinski definition) is 3. The van der Waals surface area contributed by atoms with E-state index in [9.17, 15) is 4.79 Å². The van der Waals surface area contributed by atoms with Gasteiger partial charge in [0.2, 0.25) is 5.91 Å². The van der Waals surface area contributed by atoms with Crippen LogP contribution in [-0.2, 0) is 9.53 Å². The summed E-state index contributed by atoms with van der Waals surface area (Å²) in [6.07, 6.45) is 2.53. The van der Waals surface area contributed by atoms with Crippen LogP contribution in [0.2, 0.25) is 0 Å². The average molecular weight is 287 g/mol. The third-order valence-corrected chi connectivity index (χ3v) is 4.18. The first kappa shape index (κ1) is 14.1. The highest BCUT2D eigenvalue weighted by Crippen LogP contribution is 2.41. The lowest BCUT2D eigenvalue weighted by Crippen LogP contribution is -2.32. The maximum absolute atomic E-state index is 12.3. The summed E-state index contributed by atoms with van der Waals surface area (Å²) in [6, 6.07) is 7.90. The fourth-order valence-electron chi connectivity index (χ4n) is 3.24. The highest BCUT2D eigenvalue weighted by atomic mass is 16.5. The van der Waals surface area contributed by atoms with E-state index in [2.05, 4.69) is 19.9 Å². The van der Waals surface area contributed by atoms with Gasteiger partial charge in [-0.15, -0.1) is 0 Å². The van der Waals surface area contributed by atoms with Gasteiger partial charge in [0, 0.05) is 17.9 Å². The molecule has 2 fully saturated rings. The van der Waals surface area contributed by atoms with Gasteiger partial charge in [-0.3, -0.25) is 4.79 Å². The second-order valence-electron chi connectivity index (χ2n) is 5.94. The molecule has 0 aromatic heterocycles. The van der Waals surface area contributed by atoms with Crippen molar-refractivity contribution in [3.63, 3.8) is 0 Å². The van der Waals surface area contributed by atoms with Crippen molar-refractivity contribution in [1.29, 1.82) is 0 Å². The predicted molar refractivity (Wildman–Crippen MR) is 79.9 cm³/mol. The van der Waals surface area contributed by atoms with Crippen LogP contribution in [0.4, 0.5) is 0 Å². The van der Waals surface area contributed by atoms with Gasteiger partial charge in [-0.05, 0) is 26.0 Å². The summed E-state index contributed by atoms with van der Waals surface area (Å²) in [7, 11) is 1.64. The van der Waals surface area contributed by atoms with E-state index in [0.29, 0.717) is 13.0 Å². The van der Waals surface area contributed by atoms with E-state index in [0.717, 1.165) is 11.3 Å². The van der Waals surface area contributed by atoms with Gasteiger partial charge in [0.15, 0.2) is 6.23 Å². The molecule has 2 aliphatic rings. The summed E-state index contributed by atoms with van der Waals surface area (Å²) in [6.45, 7) is 4.75. The highest BCUT2D eigenvalue weighted by molar-refractivity contribution is 5.80. The number of allylic oxidation sites excluding steroid dienone is 1. The van der Waals surface area contributed by atoms with Gasteiger partial charge < -0.3 is 14.4 Å². The van der Waals surface area contributed by atoms with Crippen molar-refractivity contribution in [3.8, 4) is 5.75 Å². The van der Waals surface area contributed by atoms with E-state index < -0.39 is 0 Å².